The second-order valence-electron chi connectivity index (χ2n) is 11.6. The molecule has 3 aliphatic rings. The number of carboxylic acid groups (broad SMARTS) is 1. The summed E-state index contributed by atoms with van der Waals surface area (Å²) in [5, 5.41) is 10.5. The van der Waals surface area contributed by atoms with Gasteiger partial charge in [0, 0.05) is 57.5 Å². The van der Waals surface area contributed by atoms with Gasteiger partial charge in [0.25, 0.3) is 0 Å². The van der Waals surface area contributed by atoms with Gasteiger partial charge < -0.3 is 24.5 Å². The van der Waals surface area contributed by atoms with E-state index < -0.39 is 17.9 Å². The number of carbonyl (C=O) groups excluding carboxylic acids is 2. The minimum Gasteiger partial charge on any atom is -0.493 e. The summed E-state index contributed by atoms with van der Waals surface area (Å²) < 4.78 is 5.67. The third-order valence-corrected chi connectivity index (χ3v) is 8.51. The van der Waals surface area contributed by atoms with Crippen molar-refractivity contribution in [1.29, 1.82) is 0 Å². The fourth-order valence-electron chi connectivity index (χ4n) is 6.33. The normalized spacial score (nSPS) is 22.9. The van der Waals surface area contributed by atoms with E-state index in [0.29, 0.717) is 39.2 Å². The molecule has 4 rings (SSSR count). The highest BCUT2D eigenvalue weighted by molar-refractivity contribution is 5.80. The largest absolute Gasteiger partial charge is 0.493 e. The van der Waals surface area contributed by atoms with E-state index in [0.717, 1.165) is 68.5 Å². The van der Waals surface area contributed by atoms with Crippen LogP contribution in [-0.2, 0) is 20.8 Å². The van der Waals surface area contributed by atoms with Crippen molar-refractivity contribution in [2.45, 2.75) is 63.8 Å². The lowest BCUT2D eigenvalue weighted by Gasteiger charge is -2.32. The smallest absolute Gasteiger partial charge is 0.308 e. The van der Waals surface area contributed by atoms with Gasteiger partial charge in [0.15, 0.2) is 0 Å². The summed E-state index contributed by atoms with van der Waals surface area (Å²) in [4.78, 5) is 47.0. The van der Waals surface area contributed by atoms with Crippen molar-refractivity contribution in [1.82, 2.24) is 19.6 Å². The van der Waals surface area contributed by atoms with Gasteiger partial charge in [-0.3, -0.25) is 19.3 Å². The molecule has 0 bridgehead atoms. The Morgan fingerprint density at radius 2 is 1.87 bits per heavy atom. The molecule has 9 nitrogen and oxygen atoms in total. The van der Waals surface area contributed by atoms with Crippen LogP contribution >= 0.6 is 0 Å². The monoisotopic (exact) mass is 542 g/mol. The number of likely N-dealkylation sites (tertiary alicyclic amines) is 2. The first-order chi connectivity index (χ1) is 18.8. The Bertz CT molecular complexity index is 1020. The molecule has 1 unspecified atom stereocenters. The first kappa shape index (κ1) is 29.3. The molecule has 0 spiro atoms. The fraction of sp³-hybridized carbons (Fsp3) is 0.700. The maximum absolute atomic E-state index is 13.7. The Hall–Kier alpha value is -2.65. The molecule has 216 valence electrons. The molecule has 0 radical (unpaired) electrons. The van der Waals surface area contributed by atoms with Crippen LogP contribution in [0.25, 0.3) is 0 Å². The second-order valence-corrected chi connectivity index (χ2v) is 11.6. The van der Waals surface area contributed by atoms with Crippen LogP contribution in [0.4, 0.5) is 0 Å². The lowest BCUT2D eigenvalue weighted by atomic mass is 9.84. The maximum Gasteiger partial charge on any atom is 0.308 e. The molecule has 0 aliphatic carbocycles. The van der Waals surface area contributed by atoms with E-state index in [1.54, 1.807) is 4.90 Å². The fourth-order valence-corrected chi connectivity index (χ4v) is 6.33. The van der Waals surface area contributed by atoms with Gasteiger partial charge in [0.05, 0.1) is 19.1 Å². The van der Waals surface area contributed by atoms with Crippen LogP contribution in [0.3, 0.4) is 0 Å². The van der Waals surface area contributed by atoms with Crippen LogP contribution in [0.1, 0.15) is 62.5 Å². The number of benzene rings is 1. The van der Waals surface area contributed by atoms with Gasteiger partial charge in [-0.15, -0.1) is 0 Å². The molecule has 2 fully saturated rings. The number of amides is 2. The molecule has 9 heteroatoms. The minimum absolute atomic E-state index is 0.0539. The van der Waals surface area contributed by atoms with Gasteiger partial charge in [0.1, 0.15) is 5.75 Å². The Morgan fingerprint density at radius 3 is 2.56 bits per heavy atom. The molecule has 1 aromatic carbocycles. The van der Waals surface area contributed by atoms with Crippen molar-refractivity contribution >= 4 is 17.8 Å². The molecule has 2 saturated heterocycles. The predicted octanol–water partition coefficient (Wildman–Crippen LogP) is 2.68. The van der Waals surface area contributed by atoms with Crippen LogP contribution in [0.2, 0.25) is 0 Å². The molecule has 3 aliphatic heterocycles. The summed E-state index contributed by atoms with van der Waals surface area (Å²) in [5.74, 6) is -0.818. The zero-order valence-electron chi connectivity index (χ0n) is 23.9. The second kappa shape index (κ2) is 13.6. The molecular weight excluding hydrogens is 496 g/mol. The highest BCUT2D eigenvalue weighted by Crippen LogP contribution is 2.40. The Labute approximate surface area is 233 Å². The number of aliphatic carboxylic acids is 1. The summed E-state index contributed by atoms with van der Waals surface area (Å²) in [5.41, 5.74) is 2.09. The highest BCUT2D eigenvalue weighted by atomic mass is 16.5. The van der Waals surface area contributed by atoms with Gasteiger partial charge in [-0.1, -0.05) is 25.5 Å². The molecule has 0 saturated carbocycles. The van der Waals surface area contributed by atoms with Gasteiger partial charge in [0.2, 0.25) is 11.8 Å². The maximum atomic E-state index is 13.7. The lowest BCUT2D eigenvalue weighted by Crippen LogP contribution is -2.49. The van der Waals surface area contributed by atoms with Gasteiger partial charge in [-0.2, -0.15) is 0 Å². The van der Waals surface area contributed by atoms with Crippen molar-refractivity contribution in [2.24, 2.45) is 5.92 Å². The first-order valence-corrected chi connectivity index (χ1v) is 14.7. The minimum atomic E-state index is -0.866. The number of unbranched alkanes of at least 4 members (excludes halogenated alkanes) is 2. The van der Waals surface area contributed by atoms with Crippen molar-refractivity contribution in [2.75, 3.05) is 66.5 Å². The predicted molar refractivity (Wildman–Crippen MR) is 150 cm³/mol. The van der Waals surface area contributed by atoms with Crippen molar-refractivity contribution < 1.29 is 24.2 Å². The number of carboxylic acids is 1. The molecule has 2 amide bonds. The van der Waals surface area contributed by atoms with E-state index in [-0.39, 0.29) is 24.3 Å². The number of hydrogen-bond acceptors (Lipinski definition) is 6. The zero-order valence-corrected chi connectivity index (χ0v) is 23.9. The van der Waals surface area contributed by atoms with Gasteiger partial charge >= 0.3 is 5.97 Å². The number of nitrogens with zero attached hydrogens (tertiary/aromatic N) is 4. The average Bonchev–Trinajstić information content (AvgIpc) is 3.62. The van der Waals surface area contributed by atoms with Crippen molar-refractivity contribution in [3.8, 4) is 5.75 Å². The first-order valence-electron chi connectivity index (χ1n) is 14.7. The lowest BCUT2D eigenvalue weighted by molar-refractivity contribution is -0.144. The van der Waals surface area contributed by atoms with E-state index in [4.69, 9.17) is 4.74 Å². The standard InChI is InChI=1S/C30H46N4O5/c1-4-5-14-32(15-7-6-13-31(2)3)28(36)21-34-19-24(22-10-11-26-23(18-22)12-17-39-26)29(30(37)38)25(34)20-33-16-8-9-27(33)35/h10-11,18,24-25,29H,4-9,12-17,19-21H2,1-3H3,(H,37,38)/t24-,25+,29?/m1/s1. The van der Waals surface area contributed by atoms with E-state index in [1.165, 1.54) is 0 Å². The van der Waals surface area contributed by atoms with E-state index in [9.17, 15) is 19.5 Å². The SMILES string of the molecule is CCCCN(CCCCN(C)C)C(=O)CN1C[C@H](c2ccc3c(c2)CCO3)C(C(=O)O)[C@@H]1CN1CCCC1=O. The van der Waals surface area contributed by atoms with E-state index in [2.05, 4.69) is 36.9 Å². The van der Waals surface area contributed by atoms with Crippen molar-refractivity contribution in [3.05, 3.63) is 29.3 Å². The summed E-state index contributed by atoms with van der Waals surface area (Å²) >= 11 is 0. The molecule has 3 atom stereocenters. The molecule has 1 N–H and O–H groups in total. The third-order valence-electron chi connectivity index (χ3n) is 8.51. The Balaban J connectivity index is 1.55. The number of ether oxygens (including phenoxy) is 1. The summed E-state index contributed by atoms with van der Waals surface area (Å²) in [6, 6.07) is 5.60. The topological polar surface area (TPSA) is 93.6 Å². The molecule has 3 heterocycles. The van der Waals surface area contributed by atoms with E-state index in [1.807, 2.05) is 17.0 Å². The summed E-state index contributed by atoms with van der Waals surface area (Å²) in [6.07, 6.45) is 6.05. The number of fused-ring (bicyclic) bond motifs is 1. The van der Waals surface area contributed by atoms with Gasteiger partial charge in [-0.05, 0) is 63.5 Å². The van der Waals surface area contributed by atoms with Gasteiger partial charge in [-0.25, -0.2) is 0 Å². The molecule has 39 heavy (non-hydrogen) atoms. The molecule has 0 aromatic heterocycles. The van der Waals surface area contributed by atoms with Crippen molar-refractivity contribution in [3.63, 3.8) is 0 Å². The van der Waals surface area contributed by atoms with E-state index >= 15 is 0 Å². The molecular formula is C30H46N4O5. The highest BCUT2D eigenvalue weighted by Gasteiger charge is 2.48. The third kappa shape index (κ3) is 7.31. The molecule has 1 aromatic rings. The average molecular weight is 543 g/mol. The number of rotatable bonds is 14. The number of hydrogen-bond donors (Lipinski definition) is 1. The summed E-state index contributed by atoms with van der Waals surface area (Å²) in [6.45, 7) is 6.86. The Kier molecular flexibility index (Phi) is 10.2. The zero-order chi connectivity index (χ0) is 27.9. The Morgan fingerprint density at radius 1 is 1.10 bits per heavy atom. The summed E-state index contributed by atoms with van der Waals surface area (Å²) in [7, 11) is 4.11. The quantitative estimate of drug-likeness (QED) is 0.361. The van der Waals surface area contributed by atoms with Crippen LogP contribution < -0.4 is 4.74 Å². The number of carbonyl (C=O) groups is 3. The van der Waals surface area contributed by atoms with Crippen LogP contribution in [0.15, 0.2) is 18.2 Å². The van der Waals surface area contributed by atoms with Crippen LogP contribution in [-0.4, -0.2) is 115 Å². The van der Waals surface area contributed by atoms with Crippen LogP contribution in [0.5, 0.6) is 5.75 Å². The van der Waals surface area contributed by atoms with Crippen LogP contribution in [0, 0.1) is 5.92 Å².